The maximum Gasteiger partial charge on any atom is 0.472 e. The minimum Gasteiger partial charge on any atom is -0.462 e. The molecule has 0 fully saturated rings. The van der Waals surface area contributed by atoms with Gasteiger partial charge in [0.05, 0.1) is 91.8 Å². The number of aromatic nitrogens is 9. The molecule has 129 heavy (non-hydrogen) atoms. The predicted molar refractivity (Wildman–Crippen MR) is 480 cm³/mol. The Labute approximate surface area is 765 Å². The number of imidazole rings is 3. The van der Waals surface area contributed by atoms with Crippen LogP contribution in [-0.2, 0) is 161 Å². The quantitative estimate of drug-likeness (QED) is 0.00678. The fourth-order valence-electron chi connectivity index (χ4n) is 12.6. The number of nitrogen functional groups attached to an aromatic ring is 3. The molecule has 45 heteroatoms. The van der Waals surface area contributed by atoms with Crippen molar-refractivity contribution in [3.63, 3.8) is 0 Å². The molecule has 0 aliphatic heterocycles. The summed E-state index contributed by atoms with van der Waals surface area (Å²) in [6.07, 6.45) is -2.55. The number of hydrogen-bond acceptors (Lipinski definition) is 36. The Bertz CT molecular complexity index is 5130. The number of ether oxygens (including phenoxy) is 9. The Morgan fingerprint density at radius 3 is 1.19 bits per heavy atom. The third kappa shape index (κ3) is 36.7. The molecule has 6 aromatic heterocycles. The Kier molecular flexibility index (Phi) is 50.7. The number of nitriles is 1. The fourth-order valence-corrected chi connectivity index (χ4v) is 16.7. The summed E-state index contributed by atoms with van der Waals surface area (Å²) >= 11 is 0. The Balaban J connectivity index is 0.000000355. The van der Waals surface area contributed by atoms with Gasteiger partial charge < -0.3 is 112 Å². The van der Waals surface area contributed by atoms with Gasteiger partial charge in [0, 0.05) is 140 Å². The van der Waals surface area contributed by atoms with E-state index in [4.69, 9.17) is 99.4 Å². The molecule has 0 saturated carbocycles. The summed E-state index contributed by atoms with van der Waals surface area (Å²) in [4.78, 5) is 106. The Morgan fingerprint density at radius 2 is 0.845 bits per heavy atom. The van der Waals surface area contributed by atoms with Crippen molar-refractivity contribution in [1.82, 2.24) is 52.9 Å². The number of nitrogens with two attached hydrogens (primary N) is 3. The molecule has 9 rings (SSSR count). The largest absolute Gasteiger partial charge is 0.472 e. The maximum absolute atomic E-state index is 12.4. The van der Waals surface area contributed by atoms with Crippen molar-refractivity contribution in [2.75, 3.05) is 116 Å². The van der Waals surface area contributed by atoms with Crippen molar-refractivity contribution >= 4 is 144 Å². The van der Waals surface area contributed by atoms with Crippen LogP contribution in [0, 0.1) is 17.9 Å². The van der Waals surface area contributed by atoms with Gasteiger partial charge in [0.1, 0.15) is 80.3 Å². The molecule has 0 aliphatic rings. The average Bonchev–Trinajstić information content (AvgIpc) is 1.63. The van der Waals surface area contributed by atoms with E-state index in [1.807, 2.05) is 109 Å². The Hall–Kier alpha value is -9.39. The normalized spacial score (nSPS) is 12.7. The van der Waals surface area contributed by atoms with Crippen LogP contribution in [0.1, 0.15) is 142 Å². The molecule has 9 N–H and O–H groups in total. The van der Waals surface area contributed by atoms with Crippen molar-refractivity contribution in [2.24, 2.45) is 0 Å². The number of rotatable bonds is 47. The molecule has 3 aromatic carbocycles. The van der Waals surface area contributed by atoms with E-state index in [0.717, 1.165) is 51.0 Å². The van der Waals surface area contributed by atoms with Crippen LogP contribution in [0.25, 0.3) is 70.7 Å². The molecule has 2 unspecified atom stereocenters. The van der Waals surface area contributed by atoms with Crippen LogP contribution in [0.15, 0.2) is 72.8 Å². The minimum absolute atomic E-state index is 0. The van der Waals surface area contributed by atoms with E-state index < -0.39 is 85.6 Å². The first-order valence-electron chi connectivity index (χ1n) is 41.5. The molecule has 1 radical (unpaired) electrons. The van der Waals surface area contributed by atoms with E-state index in [0.29, 0.717) is 128 Å². The van der Waals surface area contributed by atoms with Gasteiger partial charge in [0.25, 0.3) is 0 Å². The number of phosphoric acid groups is 1. The summed E-state index contributed by atoms with van der Waals surface area (Å²) in [5.74, 6) is -0.398. The van der Waals surface area contributed by atoms with Crippen molar-refractivity contribution in [1.29, 1.82) is 5.26 Å². The number of fused-ring (bicyclic) bond motifs is 9. The maximum atomic E-state index is 12.4. The van der Waals surface area contributed by atoms with Gasteiger partial charge in [-0.3, -0.25) is 37.8 Å². The third-order valence-corrected chi connectivity index (χ3v) is 22.7. The third-order valence-electron chi connectivity index (χ3n) is 17.5. The topological polar surface area (TPSA) is 523 Å². The summed E-state index contributed by atoms with van der Waals surface area (Å²) < 4.78 is 102. The monoisotopic (exact) mass is 1900 g/mol. The molecule has 0 amide bonds. The SMILES string of the molecule is CC(=O)OC[C@H](CO)OC(C)=O.CCOCc1nc2c(N)nc3ccccc3c2n1CCO.CCOCc1nc2c(N)nc3ccccc3c2n1CCOP(=O)(O)OC[C@@H](COC(C)=O)OC(C)=O.CCOCc1nc2c(N)nc3ccccc3c2n1CCOP(OCCC#N)OC[C@@H](COC(C)=O)OC(C)=O.[C-]#[N+]CCOP(N(C(C)C)C(C)C)N(C(C)C)C(C)C.[V]. The van der Waals surface area contributed by atoms with Gasteiger partial charge in [-0.25, -0.2) is 50.4 Å². The van der Waals surface area contributed by atoms with E-state index in [2.05, 4.69) is 104 Å². The number of nitrogens with zero attached hydrogens (tertiary/aromatic N) is 13. The molecule has 5 atom stereocenters. The summed E-state index contributed by atoms with van der Waals surface area (Å²) in [7, 11) is -7.30. The number of aliphatic hydroxyl groups is 2. The molecule has 0 saturated heterocycles. The van der Waals surface area contributed by atoms with E-state index in [1.165, 1.54) is 34.6 Å². The zero-order valence-corrected chi connectivity index (χ0v) is 80.3. The van der Waals surface area contributed by atoms with Crippen molar-refractivity contribution in [2.45, 2.75) is 206 Å². The molecule has 0 aliphatic carbocycles. The van der Waals surface area contributed by atoms with Crippen LogP contribution in [0.2, 0.25) is 0 Å². The smallest absolute Gasteiger partial charge is 0.462 e. The predicted octanol–water partition coefficient (Wildman–Crippen LogP) is 11.3. The van der Waals surface area contributed by atoms with Crippen LogP contribution in [0.4, 0.5) is 17.5 Å². The van der Waals surface area contributed by atoms with Crippen LogP contribution < -0.4 is 17.2 Å². The first-order chi connectivity index (χ1) is 61.0. The molecule has 0 spiro atoms. The van der Waals surface area contributed by atoms with E-state index in [9.17, 15) is 43.3 Å². The first kappa shape index (κ1) is 112. The van der Waals surface area contributed by atoms with E-state index in [-0.39, 0.29) is 110 Å². The number of hydrogen-bond donors (Lipinski definition) is 6. The van der Waals surface area contributed by atoms with E-state index in [1.54, 1.807) is 4.57 Å². The second-order valence-electron chi connectivity index (χ2n) is 28.9. The number of carbonyl (C=O) groups is 6. The first-order valence-corrected chi connectivity index (χ1v) is 45.2. The van der Waals surface area contributed by atoms with Gasteiger partial charge in [0.15, 0.2) is 44.2 Å². The van der Waals surface area contributed by atoms with Crippen LogP contribution in [0.5, 0.6) is 0 Å². The van der Waals surface area contributed by atoms with Gasteiger partial charge in [-0.05, 0) is 94.4 Å². The van der Waals surface area contributed by atoms with Gasteiger partial charge >= 0.3 is 52.2 Å². The van der Waals surface area contributed by atoms with Crippen molar-refractivity contribution in [3.8, 4) is 6.07 Å². The van der Waals surface area contributed by atoms with Crippen molar-refractivity contribution in [3.05, 3.63) is 102 Å². The number of pyridine rings is 3. The number of esters is 6. The summed E-state index contributed by atoms with van der Waals surface area (Å²) in [5.41, 5.74) is 24.8. The number of anilines is 3. The van der Waals surface area contributed by atoms with Gasteiger partial charge in [-0.1, -0.05) is 54.6 Å². The molecule has 41 nitrogen and oxygen atoms in total. The summed E-state index contributed by atoms with van der Waals surface area (Å²) in [6, 6.07) is 26.5. The number of phosphoric ester groups is 1. The van der Waals surface area contributed by atoms with Crippen LogP contribution in [0.3, 0.4) is 0 Å². The van der Waals surface area contributed by atoms with Gasteiger partial charge in [-0.2, -0.15) is 5.26 Å². The van der Waals surface area contributed by atoms with Gasteiger partial charge in [-0.15, -0.1) is 0 Å². The number of benzene rings is 3. The number of aliphatic hydroxyl groups excluding tert-OH is 2. The summed E-state index contributed by atoms with van der Waals surface area (Å²) in [5, 5.41) is 29.5. The zero-order chi connectivity index (χ0) is 94.7. The number of para-hydroxylation sites is 3. The molecular weight excluding hydrogens is 1780 g/mol. The molecule has 709 valence electrons. The fraction of sp³-hybridized carbons (Fsp3) is 0.548. The standard InChI is InChI=1S/C25H32N5O8P.C22H29N4O9P.C15H18N4O2.C15H32N3OP.C7H12O5.V/c1-4-33-16-22-29-23-24(20-8-5-6-9-21(20)28-25(23)27)30(22)11-13-36-39(35-12-7-10-26)37-15-19(38-18(3)32)14-34-17(2)31;1-4-31-13-19-25-20-21(17-7-5-6-8-18(17)24-22(20)23)26(19)9-10-33-36(29,30)34-12-16(35-15(3)28)11-32-14(2)27;1-2-21-9-12-18-13-14(19(12)7-8-20)10-5-3-4-6-11(10)17-15(13)16;1-12(2)17(13(3)4)20(19-11-10-16-9)18(14(5)6)15(7)8;1-5(9)11-4-7(3-8)12-6(2)10;/h5-6,8-9,19H,4,7,11-16H2,1-3H3,(H2,27,28);5-8,16H,4,9-13H2,1-3H3,(H2,23,24)(H,29,30);3-6,20H,2,7-9H2,1H3,(H2,16,17);12-15H,10-11H2,1-8H3;7-8H,3-4H2,1-2H3;/t19-,39?;16-;;;7-;/m11..0./s1. The molecule has 6 heterocycles. The Morgan fingerprint density at radius 1 is 0.488 bits per heavy atom. The molecule has 0 bridgehead atoms. The van der Waals surface area contributed by atoms with Crippen molar-refractivity contribution < 1.29 is 137 Å². The minimum atomic E-state index is -4.54. The average molecular weight is 1900 g/mol. The van der Waals surface area contributed by atoms with Crippen LogP contribution >= 0.6 is 24.9 Å². The van der Waals surface area contributed by atoms with Gasteiger partial charge in [0.2, 0.25) is 6.54 Å². The molecular formula is C84H123N16O25P3V. The van der Waals surface area contributed by atoms with E-state index >= 15 is 0 Å². The molecule has 9 aromatic rings. The summed E-state index contributed by atoms with van der Waals surface area (Å²) in [6.45, 7) is 40.3. The second-order valence-corrected chi connectivity index (χ2v) is 33.2. The number of carbonyl (C=O) groups excluding carboxylic acids is 6. The van der Waals surface area contributed by atoms with Crippen LogP contribution in [-0.4, -0.2) is 245 Å². The zero-order valence-electron chi connectivity index (χ0n) is 76.2. The second kappa shape index (κ2) is 58.4.